The van der Waals surface area contributed by atoms with Crippen molar-refractivity contribution >= 4 is 50.9 Å². The lowest BCUT2D eigenvalue weighted by Gasteiger charge is -2.14. The Morgan fingerprint density at radius 1 is 1.16 bits per heavy atom. The van der Waals surface area contributed by atoms with E-state index >= 15 is 0 Å². The van der Waals surface area contributed by atoms with E-state index in [4.69, 9.17) is 21.7 Å². The van der Waals surface area contributed by atoms with Gasteiger partial charge in [-0.3, -0.25) is 9.69 Å². The molecule has 1 N–H and O–H groups in total. The Balaban J connectivity index is 1.91. The van der Waals surface area contributed by atoms with Crippen LogP contribution in [-0.4, -0.2) is 25.2 Å². The molecule has 0 radical (unpaired) electrons. The second-order valence-electron chi connectivity index (χ2n) is 5.22. The molecule has 2 aromatic carbocycles. The minimum absolute atomic E-state index is 0.217. The predicted octanol–water partition coefficient (Wildman–Crippen LogP) is 3.73. The van der Waals surface area contributed by atoms with Crippen LogP contribution >= 0.6 is 28.1 Å². The van der Waals surface area contributed by atoms with Gasteiger partial charge in [0.25, 0.3) is 5.91 Å². The Morgan fingerprint density at radius 2 is 1.96 bits per heavy atom. The summed E-state index contributed by atoms with van der Waals surface area (Å²) in [5.74, 6) is 1.16. The van der Waals surface area contributed by atoms with Crippen molar-refractivity contribution in [2.75, 3.05) is 19.1 Å². The fourth-order valence-electron chi connectivity index (χ4n) is 2.46. The summed E-state index contributed by atoms with van der Waals surface area (Å²) in [5, 5.41) is 3.30. The van der Waals surface area contributed by atoms with Crippen LogP contribution in [0, 0.1) is 0 Å². The smallest absolute Gasteiger partial charge is 0.281 e. The largest absolute Gasteiger partial charge is 0.497 e. The molecule has 1 saturated heterocycles. The highest BCUT2D eigenvalue weighted by atomic mass is 79.9. The summed E-state index contributed by atoms with van der Waals surface area (Å²) >= 11 is 8.76. The first-order valence-corrected chi connectivity index (χ1v) is 8.58. The first-order chi connectivity index (χ1) is 12.0. The second-order valence-corrected chi connectivity index (χ2v) is 6.47. The number of anilines is 1. The van der Waals surface area contributed by atoms with Gasteiger partial charge in [0.05, 0.1) is 24.4 Å². The molecule has 5 nitrogen and oxygen atoms in total. The zero-order chi connectivity index (χ0) is 18.0. The SMILES string of the molecule is COc1cccc(N2C(=O)C(=Cc3ccc(OC)c(Br)c3)NC2=S)c1. The van der Waals surface area contributed by atoms with Crippen molar-refractivity contribution in [2.45, 2.75) is 0 Å². The van der Waals surface area contributed by atoms with Gasteiger partial charge in [-0.25, -0.2) is 0 Å². The number of rotatable bonds is 4. The first kappa shape index (κ1) is 17.4. The number of carbonyl (C=O) groups excluding carboxylic acids is 1. The molecule has 0 aliphatic carbocycles. The Bertz CT molecular complexity index is 882. The van der Waals surface area contributed by atoms with Crippen LogP contribution in [0.1, 0.15) is 5.56 Å². The Hall–Kier alpha value is -2.38. The number of methoxy groups -OCH3 is 2. The van der Waals surface area contributed by atoms with E-state index in [9.17, 15) is 4.79 Å². The van der Waals surface area contributed by atoms with Crippen molar-refractivity contribution in [1.82, 2.24) is 5.32 Å². The molecule has 0 bridgehead atoms. The number of ether oxygens (including phenoxy) is 2. The number of nitrogens with one attached hydrogen (secondary N) is 1. The summed E-state index contributed by atoms with van der Waals surface area (Å²) in [4.78, 5) is 14.2. The predicted molar refractivity (Wildman–Crippen MR) is 105 cm³/mol. The van der Waals surface area contributed by atoms with Gasteiger partial charge >= 0.3 is 0 Å². The van der Waals surface area contributed by atoms with E-state index in [0.717, 1.165) is 15.8 Å². The minimum Gasteiger partial charge on any atom is -0.497 e. The molecule has 0 atom stereocenters. The van der Waals surface area contributed by atoms with Crippen LogP contribution in [0.2, 0.25) is 0 Å². The molecular weight excluding hydrogens is 404 g/mol. The lowest BCUT2D eigenvalue weighted by atomic mass is 10.2. The van der Waals surface area contributed by atoms with E-state index in [1.54, 1.807) is 32.4 Å². The van der Waals surface area contributed by atoms with Gasteiger partial charge in [-0.05, 0) is 64.1 Å². The Kier molecular flexibility index (Phi) is 5.06. The number of thiocarbonyl (C=S) groups is 1. The molecule has 0 aromatic heterocycles. The average Bonchev–Trinajstić information content (AvgIpc) is 2.88. The maximum Gasteiger partial charge on any atom is 0.281 e. The van der Waals surface area contributed by atoms with E-state index in [1.807, 2.05) is 30.3 Å². The van der Waals surface area contributed by atoms with Crippen molar-refractivity contribution in [2.24, 2.45) is 0 Å². The standard InChI is InChI=1S/C18H15BrN2O3S/c1-23-13-5-3-4-12(10-13)21-17(22)15(20-18(21)25)9-11-6-7-16(24-2)14(19)8-11/h3-10H,1-2H3,(H,20,25). The zero-order valence-electron chi connectivity index (χ0n) is 13.6. The molecule has 1 aliphatic rings. The van der Waals surface area contributed by atoms with E-state index in [2.05, 4.69) is 21.2 Å². The van der Waals surface area contributed by atoms with E-state index in [-0.39, 0.29) is 5.91 Å². The maximum absolute atomic E-state index is 12.8. The van der Waals surface area contributed by atoms with Gasteiger partial charge < -0.3 is 14.8 Å². The number of hydrogen-bond acceptors (Lipinski definition) is 4. The summed E-state index contributed by atoms with van der Waals surface area (Å²) in [6.45, 7) is 0. The summed E-state index contributed by atoms with van der Waals surface area (Å²) in [6, 6.07) is 12.8. The summed E-state index contributed by atoms with van der Waals surface area (Å²) in [6.07, 6.45) is 1.75. The number of benzene rings is 2. The van der Waals surface area contributed by atoms with Gasteiger partial charge in [-0.2, -0.15) is 0 Å². The molecule has 0 unspecified atom stereocenters. The molecular formula is C18H15BrN2O3S. The molecule has 0 saturated carbocycles. The molecule has 2 aromatic rings. The molecule has 1 fully saturated rings. The van der Waals surface area contributed by atoms with Crippen molar-refractivity contribution < 1.29 is 14.3 Å². The van der Waals surface area contributed by atoms with Gasteiger partial charge in [-0.15, -0.1) is 0 Å². The second kappa shape index (κ2) is 7.25. The fraction of sp³-hybridized carbons (Fsp3) is 0.111. The fourth-order valence-corrected chi connectivity index (χ4v) is 3.31. The number of hydrogen-bond donors (Lipinski definition) is 1. The highest BCUT2D eigenvalue weighted by Crippen LogP contribution is 2.28. The van der Waals surface area contributed by atoms with Crippen LogP contribution in [0.15, 0.2) is 52.6 Å². The van der Waals surface area contributed by atoms with Crippen LogP contribution in [0.25, 0.3) is 6.08 Å². The molecule has 0 spiro atoms. The lowest BCUT2D eigenvalue weighted by Crippen LogP contribution is -2.30. The molecule has 7 heteroatoms. The van der Waals surface area contributed by atoms with Crippen LogP contribution in [-0.2, 0) is 4.79 Å². The number of carbonyl (C=O) groups is 1. The van der Waals surface area contributed by atoms with Gasteiger partial charge in [0, 0.05) is 6.07 Å². The minimum atomic E-state index is -0.217. The quantitative estimate of drug-likeness (QED) is 0.605. The summed E-state index contributed by atoms with van der Waals surface area (Å²) in [5.41, 5.74) is 1.91. The van der Waals surface area contributed by atoms with E-state index < -0.39 is 0 Å². The molecule has 3 rings (SSSR count). The van der Waals surface area contributed by atoms with Gasteiger partial charge in [0.15, 0.2) is 5.11 Å². The van der Waals surface area contributed by atoms with Crippen LogP contribution < -0.4 is 19.7 Å². The highest BCUT2D eigenvalue weighted by molar-refractivity contribution is 9.10. The molecule has 1 amide bonds. The van der Waals surface area contributed by atoms with Crippen molar-refractivity contribution in [3.05, 3.63) is 58.2 Å². The van der Waals surface area contributed by atoms with E-state index in [1.165, 1.54) is 4.90 Å². The Morgan fingerprint density at radius 3 is 2.64 bits per heavy atom. The van der Waals surface area contributed by atoms with Gasteiger partial charge in [0.2, 0.25) is 0 Å². The highest BCUT2D eigenvalue weighted by Gasteiger charge is 2.32. The number of amides is 1. The third-order valence-corrected chi connectivity index (χ3v) is 4.58. The van der Waals surface area contributed by atoms with Crippen LogP contribution in [0.4, 0.5) is 5.69 Å². The summed E-state index contributed by atoms with van der Waals surface area (Å²) in [7, 11) is 3.18. The first-order valence-electron chi connectivity index (χ1n) is 7.38. The van der Waals surface area contributed by atoms with Crippen LogP contribution in [0.3, 0.4) is 0 Å². The third-order valence-electron chi connectivity index (χ3n) is 3.68. The normalized spacial score (nSPS) is 15.5. The van der Waals surface area contributed by atoms with E-state index in [0.29, 0.717) is 22.2 Å². The molecule has 25 heavy (non-hydrogen) atoms. The summed E-state index contributed by atoms with van der Waals surface area (Å²) < 4.78 is 11.2. The van der Waals surface area contributed by atoms with Crippen molar-refractivity contribution in [1.29, 1.82) is 0 Å². The maximum atomic E-state index is 12.8. The van der Waals surface area contributed by atoms with Crippen molar-refractivity contribution in [3.8, 4) is 11.5 Å². The van der Waals surface area contributed by atoms with Crippen molar-refractivity contribution in [3.63, 3.8) is 0 Å². The monoisotopic (exact) mass is 418 g/mol. The van der Waals surface area contributed by atoms with Crippen LogP contribution in [0.5, 0.6) is 11.5 Å². The average molecular weight is 419 g/mol. The number of halogens is 1. The lowest BCUT2D eigenvalue weighted by molar-refractivity contribution is -0.113. The Labute approximate surface area is 159 Å². The molecule has 1 heterocycles. The third kappa shape index (κ3) is 3.52. The molecule has 1 aliphatic heterocycles. The van der Waals surface area contributed by atoms with Gasteiger partial charge in [-0.1, -0.05) is 12.1 Å². The zero-order valence-corrected chi connectivity index (χ0v) is 16.0. The topological polar surface area (TPSA) is 50.8 Å². The van der Waals surface area contributed by atoms with Gasteiger partial charge in [0.1, 0.15) is 17.2 Å². The number of nitrogens with zero attached hydrogens (tertiary/aromatic N) is 1. The molecule has 128 valence electrons.